The smallest absolute Gasteiger partial charge is 0.223 e. The van der Waals surface area contributed by atoms with Gasteiger partial charge >= 0.3 is 0 Å². The summed E-state index contributed by atoms with van der Waals surface area (Å²) in [6.45, 7) is 9.24. The largest absolute Gasteiger partial charge is 0.369 e. The van der Waals surface area contributed by atoms with Gasteiger partial charge in [-0.1, -0.05) is 13.8 Å². The highest BCUT2D eigenvalue weighted by atomic mass is 16.1. The molecule has 4 nitrogen and oxygen atoms in total. The van der Waals surface area contributed by atoms with Crippen LogP contribution in [0.3, 0.4) is 0 Å². The molecule has 2 rings (SSSR count). The number of nitrogens with two attached hydrogens (primary N) is 1. The Bertz CT molecular complexity index is 214. The Labute approximate surface area is 100 Å². The van der Waals surface area contributed by atoms with E-state index >= 15 is 0 Å². The molecule has 0 radical (unpaired) electrons. The average molecular weight is 229 g/mol. The molecule has 0 aromatic carbocycles. The van der Waals surface area contributed by atoms with Gasteiger partial charge in [0.25, 0.3) is 0 Å². The fourth-order valence-corrected chi connectivity index (χ4v) is 2.33. The summed E-state index contributed by atoms with van der Waals surface area (Å²) in [5.74, 6) is 0.813. The minimum absolute atomic E-state index is 0. The van der Waals surface area contributed by atoms with Gasteiger partial charge in [0.15, 0.2) is 0 Å². The number of hydrogen-bond acceptors (Lipinski definition) is 3. The Kier molecular flexibility index (Phi) is 5.77. The molecule has 4 heteroatoms. The van der Waals surface area contributed by atoms with E-state index in [9.17, 15) is 4.79 Å². The van der Waals surface area contributed by atoms with Crippen LogP contribution >= 0.6 is 0 Å². The van der Waals surface area contributed by atoms with Gasteiger partial charge in [0.1, 0.15) is 0 Å². The number of nitrogens with zero attached hydrogens (tertiary/aromatic N) is 1. The standard InChI is InChI=1S/C10H19N3O.C2H6.H2/c11-10(14)9-6-13(7-9)5-8-1-3-12-4-2-8;1-2;/h8-9,12H,1-7H2,(H2,11,14);1-2H3;1H. The second kappa shape index (κ2) is 6.86. The number of piperidine rings is 1. The van der Waals surface area contributed by atoms with Crippen molar-refractivity contribution in [1.82, 2.24) is 10.2 Å². The van der Waals surface area contributed by atoms with E-state index in [1.807, 2.05) is 13.8 Å². The van der Waals surface area contributed by atoms with Crippen LogP contribution in [0.25, 0.3) is 0 Å². The number of likely N-dealkylation sites (tertiary alicyclic amines) is 1. The summed E-state index contributed by atoms with van der Waals surface area (Å²) in [5, 5.41) is 3.36. The fraction of sp³-hybridized carbons (Fsp3) is 0.917. The topological polar surface area (TPSA) is 58.4 Å². The highest BCUT2D eigenvalue weighted by Gasteiger charge is 2.32. The van der Waals surface area contributed by atoms with E-state index in [1.165, 1.54) is 12.8 Å². The molecule has 2 saturated heterocycles. The van der Waals surface area contributed by atoms with Crippen molar-refractivity contribution in [3.05, 3.63) is 0 Å². The van der Waals surface area contributed by atoms with Crippen molar-refractivity contribution in [2.24, 2.45) is 17.6 Å². The maximum atomic E-state index is 10.8. The fourth-order valence-electron chi connectivity index (χ4n) is 2.33. The molecule has 0 aromatic heterocycles. The molecular weight excluding hydrogens is 202 g/mol. The third-order valence-corrected chi connectivity index (χ3v) is 3.33. The van der Waals surface area contributed by atoms with Crippen molar-refractivity contribution < 1.29 is 6.22 Å². The SMILES string of the molecule is CC.NC(=O)C1CN(CC2CCNCC2)C1.[HH]. The first-order chi connectivity index (χ1) is 7.75. The van der Waals surface area contributed by atoms with E-state index in [2.05, 4.69) is 10.2 Å². The van der Waals surface area contributed by atoms with Crippen LogP contribution in [0, 0.1) is 11.8 Å². The molecule has 96 valence electrons. The van der Waals surface area contributed by atoms with E-state index in [0.717, 1.165) is 38.6 Å². The normalized spacial score (nSPS) is 23.1. The van der Waals surface area contributed by atoms with Gasteiger partial charge in [-0.2, -0.15) is 0 Å². The number of carbonyl (C=O) groups excluding carboxylic acids is 1. The van der Waals surface area contributed by atoms with E-state index in [0.29, 0.717) is 0 Å². The number of primary amides is 1. The third kappa shape index (κ3) is 3.76. The van der Waals surface area contributed by atoms with Crippen molar-refractivity contribution in [1.29, 1.82) is 0 Å². The van der Waals surface area contributed by atoms with Crippen LogP contribution in [-0.4, -0.2) is 43.5 Å². The molecular formula is C12H27N3O. The predicted octanol–water partition coefficient (Wildman–Crippen LogP) is 0.675. The van der Waals surface area contributed by atoms with Gasteiger partial charge in [-0.05, 0) is 31.8 Å². The Morgan fingerprint density at radius 3 is 2.44 bits per heavy atom. The van der Waals surface area contributed by atoms with Gasteiger partial charge in [-0.3, -0.25) is 4.79 Å². The van der Waals surface area contributed by atoms with Crippen molar-refractivity contribution in [3.63, 3.8) is 0 Å². The lowest BCUT2D eigenvalue weighted by atomic mass is 9.93. The molecule has 0 unspecified atom stereocenters. The third-order valence-electron chi connectivity index (χ3n) is 3.33. The summed E-state index contributed by atoms with van der Waals surface area (Å²) in [7, 11) is 0. The maximum absolute atomic E-state index is 10.8. The van der Waals surface area contributed by atoms with Crippen LogP contribution in [0.5, 0.6) is 0 Å². The number of hydrogen-bond donors (Lipinski definition) is 2. The van der Waals surface area contributed by atoms with Gasteiger partial charge in [-0.15, -0.1) is 0 Å². The lowest BCUT2D eigenvalue weighted by Gasteiger charge is -2.40. The van der Waals surface area contributed by atoms with E-state index < -0.39 is 0 Å². The summed E-state index contributed by atoms with van der Waals surface area (Å²) in [6, 6.07) is 0. The molecule has 2 aliphatic rings. The summed E-state index contributed by atoms with van der Waals surface area (Å²) in [4.78, 5) is 13.2. The van der Waals surface area contributed by atoms with Crippen molar-refractivity contribution in [2.45, 2.75) is 26.7 Å². The molecule has 0 aliphatic carbocycles. The van der Waals surface area contributed by atoms with Crippen molar-refractivity contribution in [3.8, 4) is 0 Å². The van der Waals surface area contributed by atoms with Gasteiger partial charge in [-0.25, -0.2) is 0 Å². The van der Waals surface area contributed by atoms with Crippen LogP contribution < -0.4 is 11.1 Å². The predicted molar refractivity (Wildman–Crippen MR) is 68.2 cm³/mol. The number of amides is 1. The molecule has 0 bridgehead atoms. The van der Waals surface area contributed by atoms with Crippen LogP contribution in [0.4, 0.5) is 0 Å². The highest BCUT2D eigenvalue weighted by molar-refractivity contribution is 5.78. The molecule has 1 amide bonds. The first-order valence-electron chi connectivity index (χ1n) is 6.48. The van der Waals surface area contributed by atoms with Crippen LogP contribution in [0.15, 0.2) is 0 Å². The Balaban J connectivity index is 0.000000811. The van der Waals surface area contributed by atoms with E-state index in [4.69, 9.17) is 5.73 Å². The molecule has 16 heavy (non-hydrogen) atoms. The molecule has 2 fully saturated rings. The number of nitrogens with one attached hydrogen (secondary N) is 1. The molecule has 3 N–H and O–H groups in total. The molecule has 0 spiro atoms. The van der Waals surface area contributed by atoms with E-state index in [1.54, 1.807) is 0 Å². The lowest BCUT2D eigenvalue weighted by molar-refractivity contribution is -0.127. The quantitative estimate of drug-likeness (QED) is 0.748. The van der Waals surface area contributed by atoms with Gasteiger partial charge in [0.05, 0.1) is 5.92 Å². The average Bonchev–Trinajstić information content (AvgIpc) is 2.26. The van der Waals surface area contributed by atoms with E-state index in [-0.39, 0.29) is 13.3 Å². The maximum Gasteiger partial charge on any atom is 0.223 e. The zero-order chi connectivity index (χ0) is 12.0. The van der Waals surface area contributed by atoms with Gasteiger partial charge < -0.3 is 16.0 Å². The molecule has 2 aliphatic heterocycles. The molecule has 0 saturated carbocycles. The zero-order valence-electron chi connectivity index (χ0n) is 10.5. The second-order valence-electron chi connectivity index (χ2n) is 4.51. The van der Waals surface area contributed by atoms with Gasteiger partial charge in [0.2, 0.25) is 5.91 Å². The molecule has 2 heterocycles. The first-order valence-corrected chi connectivity index (χ1v) is 6.48. The molecule has 0 atom stereocenters. The van der Waals surface area contributed by atoms with Crippen LogP contribution in [0.1, 0.15) is 28.1 Å². The van der Waals surface area contributed by atoms with Crippen LogP contribution in [-0.2, 0) is 4.79 Å². The van der Waals surface area contributed by atoms with Crippen LogP contribution in [0.2, 0.25) is 0 Å². The van der Waals surface area contributed by atoms with Crippen molar-refractivity contribution in [2.75, 3.05) is 32.7 Å². The second-order valence-corrected chi connectivity index (χ2v) is 4.51. The van der Waals surface area contributed by atoms with Gasteiger partial charge in [0, 0.05) is 21.1 Å². The molecule has 0 aromatic rings. The summed E-state index contributed by atoms with van der Waals surface area (Å²) in [5.41, 5.74) is 5.22. The number of carbonyl (C=O) groups is 1. The minimum atomic E-state index is -0.133. The Morgan fingerprint density at radius 1 is 1.38 bits per heavy atom. The Hall–Kier alpha value is -0.610. The summed E-state index contributed by atoms with van der Waals surface area (Å²) >= 11 is 0. The minimum Gasteiger partial charge on any atom is -0.369 e. The first kappa shape index (κ1) is 13.5. The summed E-state index contributed by atoms with van der Waals surface area (Å²) in [6.07, 6.45) is 2.55. The zero-order valence-corrected chi connectivity index (χ0v) is 10.5. The lowest BCUT2D eigenvalue weighted by Crippen LogP contribution is -2.54. The monoisotopic (exact) mass is 229 g/mol. The Morgan fingerprint density at radius 2 is 1.94 bits per heavy atom. The number of rotatable bonds is 3. The van der Waals surface area contributed by atoms with Crippen molar-refractivity contribution >= 4 is 5.91 Å². The highest BCUT2D eigenvalue weighted by Crippen LogP contribution is 2.20. The summed E-state index contributed by atoms with van der Waals surface area (Å²) < 4.78 is 0.